The minimum Gasteiger partial charge on any atom is -0.445 e. The number of amides is 4. The summed E-state index contributed by atoms with van der Waals surface area (Å²) in [4.78, 5) is 153. The lowest BCUT2D eigenvalue weighted by Crippen LogP contribution is -2.44. The number of oxazole rings is 1. The molecule has 718 valence electrons. The zero-order valence-electron chi connectivity index (χ0n) is 79.9. The maximum atomic E-state index is 13.5. The molecule has 0 bridgehead atoms. The first-order valence-electron chi connectivity index (χ1n) is 46.8. The number of pyridine rings is 1. The number of β-amino-alcohol motifs (C(OH)–C–C–N with tert-alkyl or cyclic N) is 4. The van der Waals surface area contributed by atoms with Gasteiger partial charge in [0.25, 0.3) is 0 Å². The molecule has 12 aromatic rings. The second-order valence-corrected chi connectivity index (χ2v) is 43.1. The number of ketones is 4. The van der Waals surface area contributed by atoms with Crippen LogP contribution in [0.1, 0.15) is 213 Å². The topological polar surface area (TPSA) is 347 Å². The molecular weight excluding hydrogens is 1830 g/mol. The van der Waals surface area contributed by atoms with Gasteiger partial charge in [0, 0.05) is 106 Å². The number of rotatable bonds is 32. The molecule has 31 heteroatoms. The Bertz CT molecular complexity index is 5610. The van der Waals surface area contributed by atoms with E-state index in [0.29, 0.717) is 82.3 Å². The molecule has 4 aromatic carbocycles. The Morgan fingerprint density at radius 1 is 0.382 bits per heavy atom. The first kappa shape index (κ1) is 103. The van der Waals surface area contributed by atoms with Gasteiger partial charge in [-0.05, 0) is 154 Å². The van der Waals surface area contributed by atoms with E-state index < -0.39 is 72.3 Å². The highest BCUT2D eigenvalue weighted by molar-refractivity contribution is 7.14. The summed E-state index contributed by atoms with van der Waals surface area (Å²) < 4.78 is 5.65. The highest BCUT2D eigenvalue weighted by Crippen LogP contribution is 2.40. The highest BCUT2D eigenvalue weighted by Gasteiger charge is 2.47. The Balaban J connectivity index is 0.000000153. The lowest BCUT2D eigenvalue weighted by atomic mass is 9.87. The molecule has 4 N–H and O–H groups in total. The molecule has 0 aliphatic carbocycles. The summed E-state index contributed by atoms with van der Waals surface area (Å²) in [6, 6.07) is 34.2. The van der Waals surface area contributed by atoms with Crippen LogP contribution in [-0.2, 0) is 64.0 Å². The Morgan fingerprint density at radius 3 is 0.971 bits per heavy atom. The minimum atomic E-state index is -0.709. The molecule has 4 aliphatic heterocycles. The van der Waals surface area contributed by atoms with E-state index in [4.69, 9.17) is 4.42 Å². The van der Waals surface area contributed by atoms with Gasteiger partial charge in [0.1, 0.15) is 16.7 Å². The number of hydrogen-bond acceptors (Lipinski definition) is 27. The van der Waals surface area contributed by atoms with Crippen molar-refractivity contribution in [3.05, 3.63) is 244 Å². The van der Waals surface area contributed by atoms with Gasteiger partial charge in [0.05, 0.1) is 148 Å². The molecule has 4 saturated heterocycles. The smallest absolute Gasteiger partial charge is 0.236 e. The van der Waals surface area contributed by atoms with Gasteiger partial charge in [-0.15, -0.1) is 68.0 Å². The normalized spacial score (nSPS) is 19.0. The van der Waals surface area contributed by atoms with Crippen LogP contribution >= 0.6 is 68.0 Å². The Kier molecular flexibility index (Phi) is 35.7. The number of carbonyl (C=O) groups excluding carboxylic acids is 8. The summed E-state index contributed by atoms with van der Waals surface area (Å²) in [7, 11) is 0. The van der Waals surface area contributed by atoms with Crippen molar-refractivity contribution >= 4 is 115 Å². The fraction of sp³-hybridized carbons (Fsp3) is 0.448. The minimum absolute atomic E-state index is 0.000899. The molecule has 16 rings (SSSR count). The largest absolute Gasteiger partial charge is 0.445 e. The van der Waals surface area contributed by atoms with E-state index >= 15 is 0 Å². The van der Waals surface area contributed by atoms with Crippen molar-refractivity contribution in [2.75, 3.05) is 26.2 Å². The number of carbonyl (C=O) groups is 8. The maximum absolute atomic E-state index is 13.5. The standard InChI is InChI=1S/C27H31N3O3S.C26H31N3O4S.2C26H31N3O3S2/c1-17(2)25(21-5-4-12-28-14-21)27(33)30-15-22(31)13-23(30)24(32)11-8-19-6-9-20(10-7-19)26-18(3)29-16-34-26;1-15(2)23(25-27-12-16(3)33-25)26(32)29-13-20(30)11-21(29)22(31)10-7-18-5-8-19(9-6-18)24-17(4)28-14-34-24;1-15(2)24(21-13-33-17(4)28-21)26(32)29-12-20(30)11-22(29)23(31)10-7-18-5-8-19(9-6-18)25-16(3)27-14-34-25;1-15(2)23(25-27-12-16(3)34-25)26(32)29-13-20(30)11-21(29)22(31)10-7-18-5-8-19(9-6-18)24-17(4)28-14-33-24/h4-7,9-10,12,14,16-17,22-23,25,31H,8,11,13,15H2,1-3H3;5-6,8-9,12,14-15,20-21,23,30H,7,10-11,13H2,1-4H3;5-6,8-9,13-15,20,22,24,30H,7,10-12H2,1-4H3;5-6,8-9,12,14-15,20-21,23,30H,7,10-11,13H2,1-4H3/t22-,23+,25-;20-,21+,23-;20-,22+,24-;20-,21+,23-/m1111/s1. The van der Waals surface area contributed by atoms with Gasteiger partial charge in [-0.2, -0.15) is 0 Å². The lowest BCUT2D eigenvalue weighted by molar-refractivity contribution is -0.140. The Morgan fingerprint density at radius 2 is 0.706 bits per heavy atom. The monoisotopic (exact) mass is 1950 g/mol. The molecule has 0 radical (unpaired) electrons. The van der Waals surface area contributed by atoms with Gasteiger partial charge in [0.15, 0.2) is 23.1 Å². The van der Waals surface area contributed by atoms with E-state index in [1.165, 1.54) is 27.6 Å². The third-order valence-corrected chi connectivity index (χ3v) is 31.5. The van der Waals surface area contributed by atoms with Crippen molar-refractivity contribution < 1.29 is 63.2 Å². The number of nitrogens with zero attached hydrogens (tertiary/aromatic N) is 12. The van der Waals surface area contributed by atoms with Crippen molar-refractivity contribution in [3.8, 4) is 41.8 Å². The van der Waals surface area contributed by atoms with Crippen LogP contribution in [0, 0.1) is 72.1 Å². The van der Waals surface area contributed by atoms with Crippen LogP contribution in [0.3, 0.4) is 0 Å². The lowest BCUT2D eigenvalue weighted by Gasteiger charge is -2.30. The average molecular weight is 1950 g/mol. The molecule has 0 spiro atoms. The summed E-state index contributed by atoms with van der Waals surface area (Å²) in [6.07, 6.45) is 8.92. The SMILES string of the molecule is Cc1cnc([C@H](C(=O)N2C[C@H](O)C[C@H]2C(=O)CCc2ccc(-c3scnc3C)cc2)C(C)C)o1.Cc1cnc([C@H](C(=O)N2C[C@H](O)C[C@H]2C(=O)CCc2ccc(-c3scnc3C)cc2)C(C)C)s1.Cc1nc([C@H](C(=O)N2C[C@H](O)C[C@H]2C(=O)CCc2ccc(-c3scnc3C)cc2)C(C)C)cs1.Cc1ncsc1-c1ccc(CCC(=O)[C@@H]2C[C@@H](O)CN2C(=O)[C@@H](c2cccnc2)C(C)C)cc1. The van der Waals surface area contributed by atoms with E-state index in [-0.39, 0.29) is 103 Å². The predicted octanol–water partition coefficient (Wildman–Crippen LogP) is 18.3. The van der Waals surface area contributed by atoms with Crippen molar-refractivity contribution in [1.82, 2.24) is 59.5 Å². The maximum Gasteiger partial charge on any atom is 0.236 e. The fourth-order valence-corrected chi connectivity index (χ4v) is 23.5. The van der Waals surface area contributed by atoms with E-state index in [1.54, 1.807) is 91.8 Å². The van der Waals surface area contributed by atoms with E-state index in [9.17, 15) is 58.8 Å². The van der Waals surface area contributed by atoms with Gasteiger partial charge >= 0.3 is 0 Å². The first-order valence-corrected chi connectivity index (χ1v) is 52.0. The Hall–Kier alpha value is -10.6. The van der Waals surface area contributed by atoms with Crippen LogP contribution in [-0.4, -0.2) is 201 Å². The van der Waals surface area contributed by atoms with E-state index in [2.05, 4.69) is 88.4 Å². The summed E-state index contributed by atoms with van der Waals surface area (Å²) in [5.41, 5.74) is 21.8. The predicted molar refractivity (Wildman–Crippen MR) is 536 cm³/mol. The molecule has 4 amide bonds. The van der Waals surface area contributed by atoms with Gasteiger partial charge < -0.3 is 44.4 Å². The number of hydrogen-bond donors (Lipinski definition) is 4. The number of aliphatic hydroxyl groups is 4. The fourth-order valence-electron chi connectivity index (χ4n) is 18.5. The molecule has 136 heavy (non-hydrogen) atoms. The number of aliphatic hydroxyl groups excluding tert-OH is 4. The quantitative estimate of drug-likeness (QED) is 0.0304. The van der Waals surface area contributed by atoms with Crippen molar-refractivity contribution in [2.45, 2.75) is 253 Å². The zero-order chi connectivity index (χ0) is 97.5. The Labute approximate surface area is 820 Å². The summed E-state index contributed by atoms with van der Waals surface area (Å²) >= 11 is 9.52. The van der Waals surface area contributed by atoms with Gasteiger partial charge in [-0.25, -0.2) is 34.9 Å². The van der Waals surface area contributed by atoms with Crippen LogP contribution in [0.2, 0.25) is 0 Å². The van der Waals surface area contributed by atoms with Gasteiger partial charge in [0.2, 0.25) is 29.5 Å². The molecule has 8 aromatic heterocycles. The molecule has 4 fully saturated rings. The van der Waals surface area contributed by atoms with Gasteiger partial charge in [-0.1, -0.05) is 159 Å². The van der Waals surface area contributed by atoms with Crippen LogP contribution < -0.4 is 0 Å². The number of aromatic nitrogens is 8. The van der Waals surface area contributed by atoms with Crippen LogP contribution in [0.4, 0.5) is 0 Å². The van der Waals surface area contributed by atoms with Crippen LogP contribution in [0.15, 0.2) is 166 Å². The molecular formula is C105H124N12O13S6. The highest BCUT2D eigenvalue weighted by atomic mass is 32.1. The van der Waals surface area contributed by atoms with E-state index in [1.807, 2.05) is 185 Å². The number of Topliss-reactive ketones (excluding diaryl/α,β-unsaturated/α-hetero) is 4. The third-order valence-electron chi connectivity index (χ3n) is 25.8. The van der Waals surface area contributed by atoms with Gasteiger partial charge in [-0.3, -0.25) is 43.3 Å². The van der Waals surface area contributed by atoms with Crippen LogP contribution in [0.25, 0.3) is 41.8 Å². The van der Waals surface area contributed by atoms with Crippen molar-refractivity contribution in [1.29, 1.82) is 0 Å². The second kappa shape index (κ2) is 47.2. The van der Waals surface area contributed by atoms with E-state index in [0.717, 1.165) is 113 Å². The summed E-state index contributed by atoms with van der Waals surface area (Å²) in [5.74, 6) is -1.26. The molecule has 12 heterocycles. The molecule has 4 aliphatic rings. The first-order chi connectivity index (χ1) is 65.1. The number of aryl methyl sites for hydroxylation is 11. The average Bonchev–Trinajstić information content (AvgIpc) is 1.65. The molecule has 12 atom stereocenters. The van der Waals surface area contributed by atoms with Crippen molar-refractivity contribution in [3.63, 3.8) is 0 Å². The van der Waals surface area contributed by atoms with Crippen LogP contribution in [0.5, 0.6) is 0 Å². The van der Waals surface area contributed by atoms with Crippen molar-refractivity contribution in [2.24, 2.45) is 23.7 Å². The third kappa shape index (κ3) is 25.7. The number of benzene rings is 4. The zero-order valence-corrected chi connectivity index (χ0v) is 84.8. The number of likely N-dealkylation sites (tertiary alicyclic amines) is 4. The molecule has 0 unspecified atom stereocenters. The summed E-state index contributed by atoms with van der Waals surface area (Å²) in [5, 5.41) is 44.9. The molecule has 0 saturated carbocycles. The summed E-state index contributed by atoms with van der Waals surface area (Å²) in [6.45, 7) is 30.3. The second-order valence-electron chi connectivity index (χ2n) is 37.4. The molecule has 25 nitrogen and oxygen atoms in total. The number of thiazole rings is 6.